The van der Waals surface area contributed by atoms with E-state index in [1.165, 1.54) is 6.07 Å². The molecule has 7 rings (SSSR count). The molecule has 2 bridgehead atoms. The number of rotatable bonds is 5. The number of thiophene rings is 1. The van der Waals surface area contributed by atoms with Gasteiger partial charge in [-0.3, -0.25) is 4.90 Å². The van der Waals surface area contributed by atoms with Crippen LogP contribution in [-0.2, 0) is 17.6 Å². The summed E-state index contributed by atoms with van der Waals surface area (Å²) in [6.07, 6.45) is -2.34. The monoisotopic (exact) mass is 517 g/mol. The van der Waals surface area contributed by atoms with Crippen molar-refractivity contribution in [3.05, 3.63) is 58.5 Å². The Kier molecular flexibility index (Phi) is 5.56. The van der Waals surface area contributed by atoms with Gasteiger partial charge >= 0.3 is 6.18 Å². The molecule has 0 radical (unpaired) electrons. The van der Waals surface area contributed by atoms with Crippen LogP contribution >= 0.6 is 11.3 Å². The number of fused-ring (bicyclic) bond motifs is 3. The predicted molar refractivity (Wildman–Crippen MR) is 131 cm³/mol. The molecule has 0 N–H and O–H groups in total. The average molecular weight is 518 g/mol. The number of piperidine rings is 3. The first-order valence-electron chi connectivity index (χ1n) is 11.9. The van der Waals surface area contributed by atoms with E-state index in [4.69, 9.17) is 14.3 Å². The van der Waals surface area contributed by atoms with Crippen molar-refractivity contribution >= 4 is 27.3 Å². The molecule has 0 amide bonds. The molecule has 3 saturated heterocycles. The normalized spacial score (nSPS) is 25.4. The highest BCUT2D eigenvalue weighted by molar-refractivity contribution is 7.19. The van der Waals surface area contributed by atoms with Gasteiger partial charge in [-0.05, 0) is 55.6 Å². The second kappa shape index (κ2) is 8.55. The van der Waals surface area contributed by atoms with E-state index >= 15 is 0 Å². The lowest BCUT2D eigenvalue weighted by atomic mass is 9.79. The number of hydrogen-bond donors (Lipinski definition) is 0. The van der Waals surface area contributed by atoms with E-state index in [-0.39, 0.29) is 0 Å². The van der Waals surface area contributed by atoms with Crippen molar-refractivity contribution in [2.24, 2.45) is 11.1 Å². The summed E-state index contributed by atoms with van der Waals surface area (Å²) in [5, 5.41) is 5.13. The fourth-order valence-corrected chi connectivity index (χ4v) is 6.65. The summed E-state index contributed by atoms with van der Waals surface area (Å²) in [6.45, 7) is 3.27. The maximum absolute atomic E-state index is 13.3. The van der Waals surface area contributed by atoms with Crippen molar-refractivity contribution in [3.8, 4) is 11.5 Å². The van der Waals surface area contributed by atoms with Gasteiger partial charge in [0.2, 0.25) is 5.72 Å². The molecule has 3 aromatic rings. The number of benzene rings is 2. The van der Waals surface area contributed by atoms with Gasteiger partial charge in [-0.15, -0.1) is 11.3 Å². The highest BCUT2D eigenvalue weighted by Gasteiger charge is 2.57. The standard InChI is InChI=1S/C26H26F3N3O3S/c1-33-20-6-5-18(21(13-20)34-2)14-32-24(30-35-25(32)15-31-9-7-19(25)8-10-31)17-4-3-16-12-23(26(27,28)29)36-22(16)11-17/h3-6,11-13,19H,7-10,14-15H2,1-2H3. The Morgan fingerprint density at radius 3 is 2.56 bits per heavy atom. The zero-order chi connectivity index (χ0) is 25.1. The number of hydrogen-bond acceptors (Lipinski definition) is 7. The summed E-state index contributed by atoms with van der Waals surface area (Å²) in [6, 6.07) is 12.3. The second-order valence-corrected chi connectivity index (χ2v) is 10.6. The quantitative estimate of drug-likeness (QED) is 0.444. The Morgan fingerprint density at radius 1 is 1.08 bits per heavy atom. The smallest absolute Gasteiger partial charge is 0.425 e. The van der Waals surface area contributed by atoms with Crippen LogP contribution in [0.3, 0.4) is 0 Å². The summed E-state index contributed by atoms with van der Waals surface area (Å²) in [5.74, 6) is 2.32. The average Bonchev–Trinajstić information content (AvgIpc) is 3.47. The van der Waals surface area contributed by atoms with E-state index < -0.39 is 16.8 Å². The Labute approximate surface area is 210 Å². The van der Waals surface area contributed by atoms with Crippen LogP contribution in [0.1, 0.15) is 28.8 Å². The summed E-state index contributed by atoms with van der Waals surface area (Å²) in [4.78, 5) is 10.3. The van der Waals surface area contributed by atoms with Gasteiger partial charge in [0.05, 0.1) is 27.3 Å². The van der Waals surface area contributed by atoms with Crippen LogP contribution < -0.4 is 9.47 Å². The molecular formula is C26H26F3N3O3S. The highest BCUT2D eigenvalue weighted by Crippen LogP contribution is 2.46. The van der Waals surface area contributed by atoms with Gasteiger partial charge in [-0.2, -0.15) is 13.2 Å². The number of amidine groups is 1. The molecule has 5 heterocycles. The molecule has 1 aromatic heterocycles. The Balaban J connectivity index is 1.41. The summed E-state index contributed by atoms with van der Waals surface area (Å²) in [5.41, 5.74) is 1.06. The van der Waals surface area contributed by atoms with E-state index in [1.54, 1.807) is 26.4 Å². The fraction of sp³-hybridized carbons (Fsp3) is 0.423. The van der Waals surface area contributed by atoms with Crippen LogP contribution in [0, 0.1) is 5.92 Å². The lowest BCUT2D eigenvalue weighted by Crippen LogP contribution is -2.66. The van der Waals surface area contributed by atoms with Crippen LogP contribution in [0.25, 0.3) is 10.1 Å². The molecule has 10 heteroatoms. The predicted octanol–water partition coefficient (Wildman–Crippen LogP) is 5.55. The Morgan fingerprint density at radius 2 is 1.89 bits per heavy atom. The van der Waals surface area contributed by atoms with Crippen molar-refractivity contribution in [3.63, 3.8) is 0 Å². The van der Waals surface area contributed by atoms with Gasteiger partial charge < -0.3 is 19.2 Å². The minimum absolute atomic E-state index is 0.301. The lowest BCUT2D eigenvalue weighted by Gasteiger charge is -2.53. The van der Waals surface area contributed by atoms with Gasteiger partial charge in [-0.1, -0.05) is 17.3 Å². The molecule has 2 aromatic carbocycles. The third kappa shape index (κ3) is 3.78. The molecule has 190 valence electrons. The topological polar surface area (TPSA) is 46.5 Å². The first kappa shape index (κ1) is 23.4. The third-order valence-corrected chi connectivity index (χ3v) is 8.70. The number of oxime groups is 1. The van der Waals surface area contributed by atoms with E-state index in [0.717, 1.165) is 54.9 Å². The van der Waals surface area contributed by atoms with Crippen molar-refractivity contribution in [1.29, 1.82) is 0 Å². The number of alkyl halides is 3. The fourth-order valence-electron chi connectivity index (χ4n) is 5.68. The van der Waals surface area contributed by atoms with Gasteiger partial charge in [-0.25, -0.2) is 0 Å². The first-order valence-corrected chi connectivity index (χ1v) is 12.7. The second-order valence-electron chi connectivity index (χ2n) is 9.53. The van der Waals surface area contributed by atoms with Crippen LogP contribution in [0.15, 0.2) is 47.6 Å². The maximum Gasteiger partial charge on any atom is 0.425 e. The maximum atomic E-state index is 13.3. The number of methoxy groups -OCH3 is 2. The largest absolute Gasteiger partial charge is 0.497 e. The Bertz CT molecular complexity index is 1330. The minimum Gasteiger partial charge on any atom is -0.497 e. The van der Waals surface area contributed by atoms with Crippen LogP contribution in [0.4, 0.5) is 13.2 Å². The van der Waals surface area contributed by atoms with Crippen molar-refractivity contribution < 1.29 is 27.5 Å². The SMILES string of the molecule is COc1ccc(CN2C(c3ccc4cc(C(F)(F)F)sc4c3)=NOC23CN2CCC3CC2)c(OC)c1. The molecule has 6 nitrogen and oxygen atoms in total. The van der Waals surface area contributed by atoms with Gasteiger partial charge in [0.1, 0.15) is 16.4 Å². The molecule has 4 aliphatic heterocycles. The highest BCUT2D eigenvalue weighted by atomic mass is 32.1. The van der Waals surface area contributed by atoms with E-state index in [9.17, 15) is 13.2 Å². The lowest BCUT2D eigenvalue weighted by molar-refractivity contribution is -0.198. The number of halogens is 3. The van der Waals surface area contributed by atoms with Gasteiger partial charge in [0, 0.05) is 27.8 Å². The zero-order valence-corrected chi connectivity index (χ0v) is 20.8. The van der Waals surface area contributed by atoms with Gasteiger partial charge in [0.25, 0.3) is 0 Å². The number of ether oxygens (including phenoxy) is 2. The molecule has 1 atom stereocenters. The number of nitrogens with zero attached hydrogens (tertiary/aromatic N) is 3. The molecule has 36 heavy (non-hydrogen) atoms. The van der Waals surface area contributed by atoms with Crippen molar-refractivity contribution in [2.45, 2.75) is 31.3 Å². The molecule has 1 spiro atoms. The summed E-state index contributed by atoms with van der Waals surface area (Å²) < 4.78 is 51.5. The van der Waals surface area contributed by atoms with E-state index in [2.05, 4.69) is 15.0 Å². The minimum atomic E-state index is -4.37. The molecule has 3 fully saturated rings. The van der Waals surface area contributed by atoms with Crippen molar-refractivity contribution in [2.75, 3.05) is 33.9 Å². The van der Waals surface area contributed by atoms with E-state index in [0.29, 0.717) is 39.9 Å². The Hall–Kier alpha value is -2.98. The third-order valence-electron chi connectivity index (χ3n) is 7.56. The molecule has 1 unspecified atom stereocenters. The summed E-state index contributed by atoms with van der Waals surface area (Å²) in [7, 11) is 3.24. The first-order chi connectivity index (χ1) is 17.3. The van der Waals surface area contributed by atoms with Crippen molar-refractivity contribution in [1.82, 2.24) is 9.80 Å². The summed E-state index contributed by atoms with van der Waals surface area (Å²) >= 11 is 0.750. The molecule has 0 aliphatic carbocycles. The zero-order valence-electron chi connectivity index (χ0n) is 20.0. The van der Waals surface area contributed by atoms with E-state index in [1.807, 2.05) is 24.3 Å². The van der Waals surface area contributed by atoms with Crippen LogP contribution in [0.2, 0.25) is 0 Å². The van der Waals surface area contributed by atoms with Gasteiger partial charge in [0.15, 0.2) is 5.84 Å². The molecule has 0 saturated carbocycles. The van der Waals surface area contributed by atoms with Crippen LogP contribution in [-0.4, -0.2) is 55.2 Å². The molecule has 4 aliphatic rings. The molecular weight excluding hydrogens is 491 g/mol. The van der Waals surface area contributed by atoms with Crippen LogP contribution in [0.5, 0.6) is 11.5 Å².